The first-order chi connectivity index (χ1) is 13.6. The summed E-state index contributed by atoms with van der Waals surface area (Å²) in [7, 11) is 0. The van der Waals surface area contributed by atoms with Gasteiger partial charge >= 0.3 is 0 Å². The first-order valence-electron chi connectivity index (χ1n) is 9.46. The molecule has 0 bridgehead atoms. The van der Waals surface area contributed by atoms with Crippen LogP contribution in [0.2, 0.25) is 0 Å². The number of piperazine rings is 1. The maximum Gasteiger partial charge on any atom is 0.237 e. The lowest BCUT2D eigenvalue weighted by molar-refractivity contribution is -0.134. The first-order valence-corrected chi connectivity index (χ1v) is 9.46. The molecule has 1 aliphatic heterocycles. The minimum atomic E-state index is -0.563. The van der Waals surface area contributed by atoms with Crippen molar-refractivity contribution in [3.63, 3.8) is 0 Å². The van der Waals surface area contributed by atoms with Crippen LogP contribution >= 0.6 is 0 Å². The van der Waals surface area contributed by atoms with Crippen molar-refractivity contribution >= 4 is 11.8 Å². The number of carbonyl (C=O) groups excluding carboxylic acids is 2. The number of aromatic nitrogens is 3. The highest BCUT2D eigenvalue weighted by atomic mass is 19.1. The summed E-state index contributed by atoms with van der Waals surface area (Å²) in [5.74, 6) is -0.00619. The van der Waals surface area contributed by atoms with Crippen molar-refractivity contribution in [1.29, 1.82) is 0 Å². The molecule has 9 heteroatoms. The summed E-state index contributed by atoms with van der Waals surface area (Å²) in [5.41, 5.74) is 0.897. The van der Waals surface area contributed by atoms with Crippen molar-refractivity contribution in [2.24, 2.45) is 0 Å². The van der Waals surface area contributed by atoms with E-state index in [9.17, 15) is 14.0 Å². The number of nitrogens with one attached hydrogen (secondary N) is 2. The van der Waals surface area contributed by atoms with E-state index in [1.807, 2.05) is 9.47 Å². The van der Waals surface area contributed by atoms with Gasteiger partial charge in [0, 0.05) is 26.2 Å². The lowest BCUT2D eigenvalue weighted by Gasteiger charge is -2.34. The van der Waals surface area contributed by atoms with Crippen LogP contribution in [0.15, 0.2) is 30.6 Å². The van der Waals surface area contributed by atoms with E-state index >= 15 is 0 Å². The summed E-state index contributed by atoms with van der Waals surface area (Å²) in [5, 5.41) is 13.5. The Balaban J connectivity index is 1.58. The van der Waals surface area contributed by atoms with Crippen LogP contribution in [0.25, 0.3) is 0 Å². The molecule has 0 saturated carbocycles. The van der Waals surface area contributed by atoms with Crippen LogP contribution in [-0.4, -0.2) is 50.6 Å². The Morgan fingerprint density at radius 3 is 2.89 bits per heavy atom. The molecule has 1 aromatic heterocycles. The Labute approximate surface area is 163 Å². The molecule has 150 valence electrons. The van der Waals surface area contributed by atoms with Crippen molar-refractivity contribution in [1.82, 2.24) is 30.3 Å². The zero-order valence-corrected chi connectivity index (χ0v) is 15.9. The molecule has 8 nitrogen and oxygen atoms in total. The number of carbonyl (C=O) groups is 2. The number of benzene rings is 1. The maximum atomic E-state index is 13.1. The average Bonchev–Trinajstić information content (AvgIpc) is 3.12. The summed E-state index contributed by atoms with van der Waals surface area (Å²) < 4.78 is 15.0. The SMILES string of the molecule is CCCn1cnnc1CNC(=O)C[C@H]1C(=O)NCCN1Cc1ccc(F)cc1. The lowest BCUT2D eigenvalue weighted by atomic mass is 10.1. The normalized spacial score (nSPS) is 17.4. The van der Waals surface area contributed by atoms with Gasteiger partial charge in [0.25, 0.3) is 0 Å². The van der Waals surface area contributed by atoms with Crippen molar-refractivity contribution in [2.75, 3.05) is 13.1 Å². The highest BCUT2D eigenvalue weighted by Gasteiger charge is 2.31. The van der Waals surface area contributed by atoms with Crippen molar-refractivity contribution in [2.45, 2.75) is 45.4 Å². The monoisotopic (exact) mass is 388 g/mol. The second-order valence-corrected chi connectivity index (χ2v) is 6.83. The van der Waals surface area contributed by atoms with E-state index in [-0.39, 0.29) is 30.6 Å². The number of amides is 2. The van der Waals surface area contributed by atoms with Gasteiger partial charge in [0.15, 0.2) is 5.82 Å². The van der Waals surface area contributed by atoms with Gasteiger partial charge in [-0.25, -0.2) is 4.39 Å². The first kappa shape index (κ1) is 19.9. The number of rotatable bonds is 8. The van der Waals surface area contributed by atoms with Crippen LogP contribution in [0.5, 0.6) is 0 Å². The van der Waals surface area contributed by atoms with Gasteiger partial charge in [-0.15, -0.1) is 10.2 Å². The molecule has 2 amide bonds. The average molecular weight is 388 g/mol. The standard InChI is InChI=1S/C19H25FN6O2/c1-2-8-26-13-23-24-17(26)11-22-18(27)10-16-19(28)21-7-9-25(16)12-14-3-5-15(20)6-4-14/h3-6,13,16H,2,7-12H2,1H3,(H,21,28)(H,22,27)/t16-/m0/s1. The molecule has 0 spiro atoms. The van der Waals surface area contributed by atoms with Gasteiger partial charge in [-0.05, 0) is 24.1 Å². The molecule has 0 aliphatic carbocycles. The third kappa shape index (κ3) is 5.13. The molecule has 1 saturated heterocycles. The van der Waals surface area contributed by atoms with E-state index in [0.29, 0.717) is 25.5 Å². The highest BCUT2D eigenvalue weighted by molar-refractivity contribution is 5.88. The zero-order valence-electron chi connectivity index (χ0n) is 15.9. The van der Waals surface area contributed by atoms with Crippen LogP contribution < -0.4 is 10.6 Å². The maximum absolute atomic E-state index is 13.1. The molecule has 3 rings (SSSR count). The topological polar surface area (TPSA) is 92.1 Å². The largest absolute Gasteiger partial charge is 0.353 e. The Morgan fingerprint density at radius 2 is 2.14 bits per heavy atom. The van der Waals surface area contributed by atoms with E-state index in [4.69, 9.17) is 0 Å². The molecule has 28 heavy (non-hydrogen) atoms. The van der Waals surface area contributed by atoms with Gasteiger partial charge < -0.3 is 15.2 Å². The Kier molecular flexibility index (Phi) is 6.70. The van der Waals surface area contributed by atoms with Gasteiger partial charge in [0.1, 0.15) is 12.1 Å². The molecule has 2 aromatic rings. The second-order valence-electron chi connectivity index (χ2n) is 6.83. The predicted molar refractivity (Wildman–Crippen MR) is 100 cm³/mol. The third-order valence-electron chi connectivity index (χ3n) is 4.72. The van der Waals surface area contributed by atoms with Crippen LogP contribution in [0.4, 0.5) is 4.39 Å². The molecule has 1 aliphatic rings. The molecule has 1 aromatic carbocycles. The van der Waals surface area contributed by atoms with Crippen LogP contribution in [0, 0.1) is 5.82 Å². The summed E-state index contributed by atoms with van der Waals surface area (Å²) in [6.07, 6.45) is 2.64. The van der Waals surface area contributed by atoms with Crippen LogP contribution in [0.1, 0.15) is 31.2 Å². The van der Waals surface area contributed by atoms with E-state index in [1.165, 1.54) is 12.1 Å². The summed E-state index contributed by atoms with van der Waals surface area (Å²) >= 11 is 0. The number of hydrogen-bond donors (Lipinski definition) is 2. The van der Waals surface area contributed by atoms with Crippen molar-refractivity contribution in [3.05, 3.63) is 47.8 Å². The van der Waals surface area contributed by atoms with E-state index in [1.54, 1.807) is 18.5 Å². The highest BCUT2D eigenvalue weighted by Crippen LogP contribution is 2.14. The van der Waals surface area contributed by atoms with E-state index < -0.39 is 6.04 Å². The Hall–Kier alpha value is -2.81. The number of hydrogen-bond acceptors (Lipinski definition) is 5. The zero-order chi connectivity index (χ0) is 19.9. The van der Waals surface area contributed by atoms with Gasteiger partial charge in [-0.2, -0.15) is 0 Å². The third-order valence-corrected chi connectivity index (χ3v) is 4.72. The van der Waals surface area contributed by atoms with E-state index in [0.717, 1.165) is 18.5 Å². The lowest BCUT2D eigenvalue weighted by Crippen LogP contribution is -2.56. The summed E-state index contributed by atoms with van der Waals surface area (Å²) in [4.78, 5) is 26.7. The molecule has 0 unspecified atom stereocenters. The molecule has 1 atom stereocenters. The van der Waals surface area contributed by atoms with Crippen molar-refractivity contribution < 1.29 is 14.0 Å². The summed E-state index contributed by atoms with van der Waals surface area (Å²) in [6.45, 7) is 4.75. The van der Waals surface area contributed by atoms with Gasteiger partial charge in [0.2, 0.25) is 11.8 Å². The van der Waals surface area contributed by atoms with Gasteiger partial charge in [0.05, 0.1) is 19.0 Å². The van der Waals surface area contributed by atoms with Crippen LogP contribution in [0.3, 0.4) is 0 Å². The molecule has 2 N–H and O–H groups in total. The molecule has 1 fully saturated rings. The smallest absolute Gasteiger partial charge is 0.237 e. The quantitative estimate of drug-likeness (QED) is 0.699. The molecule has 2 heterocycles. The molecule has 0 radical (unpaired) electrons. The number of aryl methyl sites for hydroxylation is 1. The van der Waals surface area contributed by atoms with Gasteiger partial charge in [-0.1, -0.05) is 19.1 Å². The van der Waals surface area contributed by atoms with Crippen molar-refractivity contribution in [3.8, 4) is 0 Å². The van der Waals surface area contributed by atoms with Crippen LogP contribution in [-0.2, 0) is 29.2 Å². The fourth-order valence-corrected chi connectivity index (χ4v) is 3.27. The number of nitrogens with zero attached hydrogens (tertiary/aromatic N) is 4. The fourth-order valence-electron chi connectivity index (χ4n) is 3.27. The minimum absolute atomic E-state index is 0.0505. The minimum Gasteiger partial charge on any atom is -0.353 e. The molecular formula is C19H25FN6O2. The Bertz CT molecular complexity index is 807. The predicted octanol–water partition coefficient (Wildman–Crippen LogP) is 0.834. The Morgan fingerprint density at radius 1 is 1.36 bits per heavy atom. The molecular weight excluding hydrogens is 363 g/mol. The van der Waals surface area contributed by atoms with Gasteiger partial charge in [-0.3, -0.25) is 14.5 Å². The summed E-state index contributed by atoms with van der Waals surface area (Å²) in [6, 6.07) is 5.62. The fraction of sp³-hybridized carbons (Fsp3) is 0.474. The second kappa shape index (κ2) is 9.41. The van der Waals surface area contributed by atoms with E-state index in [2.05, 4.69) is 27.8 Å². The number of halogens is 1.